The first-order valence-electron chi connectivity index (χ1n) is 5.71. The van der Waals surface area contributed by atoms with Crippen LogP contribution < -0.4 is 0 Å². The molecule has 0 saturated carbocycles. The summed E-state index contributed by atoms with van der Waals surface area (Å²) in [7, 11) is 1.45. The highest BCUT2D eigenvalue weighted by atomic mass is 16.5. The molecule has 1 unspecified atom stereocenters. The molecule has 1 N–H and O–H groups in total. The van der Waals surface area contributed by atoms with E-state index in [4.69, 9.17) is 14.6 Å². The van der Waals surface area contributed by atoms with Gasteiger partial charge in [-0.25, -0.2) is 4.79 Å². The first-order valence-corrected chi connectivity index (χ1v) is 5.71. The van der Waals surface area contributed by atoms with Crippen LogP contribution in [-0.4, -0.2) is 62.0 Å². The highest BCUT2D eigenvalue weighted by molar-refractivity contribution is 5.72. The molecule has 0 aromatic rings. The van der Waals surface area contributed by atoms with Crippen molar-refractivity contribution in [2.45, 2.75) is 18.9 Å². The quantitative estimate of drug-likeness (QED) is 0.746. The molecule has 0 bridgehead atoms. The maximum absolute atomic E-state index is 10.8. The molecule has 0 aromatic carbocycles. The predicted molar refractivity (Wildman–Crippen MR) is 57.4 cm³/mol. The average molecular weight is 229 g/mol. The molecule has 92 valence electrons. The summed E-state index contributed by atoms with van der Waals surface area (Å²) in [5, 5.41) is 8.87. The molecular formula is C11H19NO4. The van der Waals surface area contributed by atoms with Gasteiger partial charge in [0.2, 0.25) is 0 Å². The molecular weight excluding hydrogens is 210 g/mol. The van der Waals surface area contributed by atoms with Crippen molar-refractivity contribution in [2.75, 3.05) is 40.0 Å². The zero-order valence-electron chi connectivity index (χ0n) is 9.65. The molecule has 2 aliphatic heterocycles. The van der Waals surface area contributed by atoms with Gasteiger partial charge >= 0.3 is 5.97 Å². The third-order valence-electron chi connectivity index (χ3n) is 3.66. The fourth-order valence-electron chi connectivity index (χ4n) is 2.64. The largest absolute Gasteiger partial charge is 0.479 e. The number of nitrogens with zero attached hydrogens (tertiary/aromatic N) is 1. The molecule has 0 aromatic heterocycles. The Morgan fingerprint density at radius 2 is 2.12 bits per heavy atom. The van der Waals surface area contributed by atoms with Gasteiger partial charge in [0, 0.05) is 45.4 Å². The van der Waals surface area contributed by atoms with Crippen molar-refractivity contribution in [3.63, 3.8) is 0 Å². The molecule has 2 saturated heterocycles. The van der Waals surface area contributed by atoms with E-state index in [-0.39, 0.29) is 0 Å². The summed E-state index contributed by atoms with van der Waals surface area (Å²) < 4.78 is 10.3. The van der Waals surface area contributed by atoms with Crippen LogP contribution in [0, 0.1) is 5.41 Å². The molecule has 2 aliphatic rings. The van der Waals surface area contributed by atoms with E-state index < -0.39 is 12.1 Å². The van der Waals surface area contributed by atoms with Crippen molar-refractivity contribution in [1.82, 2.24) is 4.90 Å². The van der Waals surface area contributed by atoms with Gasteiger partial charge in [0.05, 0.1) is 0 Å². The topological polar surface area (TPSA) is 59.0 Å². The van der Waals surface area contributed by atoms with E-state index in [2.05, 4.69) is 4.90 Å². The molecule has 2 fully saturated rings. The van der Waals surface area contributed by atoms with Gasteiger partial charge < -0.3 is 14.6 Å². The Morgan fingerprint density at radius 1 is 1.50 bits per heavy atom. The van der Waals surface area contributed by atoms with Gasteiger partial charge in [-0.05, 0) is 12.8 Å². The van der Waals surface area contributed by atoms with Crippen LogP contribution in [0.2, 0.25) is 0 Å². The fourth-order valence-corrected chi connectivity index (χ4v) is 2.64. The van der Waals surface area contributed by atoms with Crippen molar-refractivity contribution >= 4 is 5.97 Å². The van der Waals surface area contributed by atoms with Crippen LogP contribution in [-0.2, 0) is 14.3 Å². The minimum atomic E-state index is -0.879. The average Bonchev–Trinajstić information content (AvgIpc) is 2.24. The Kier molecular flexibility index (Phi) is 3.47. The summed E-state index contributed by atoms with van der Waals surface area (Å²) in [6.07, 6.45) is 1.51. The Morgan fingerprint density at radius 3 is 2.62 bits per heavy atom. The van der Waals surface area contributed by atoms with Gasteiger partial charge in [0.1, 0.15) is 0 Å². The Hall–Kier alpha value is -0.650. The molecule has 5 heteroatoms. The van der Waals surface area contributed by atoms with E-state index in [9.17, 15) is 4.79 Å². The Bertz CT molecular complexity index is 255. The number of hydrogen-bond donors (Lipinski definition) is 1. The number of methoxy groups -OCH3 is 1. The minimum Gasteiger partial charge on any atom is -0.479 e. The third kappa shape index (κ3) is 2.36. The SMILES string of the molecule is COC(CN1CC2(CCOCC2)C1)C(=O)O. The first kappa shape index (κ1) is 11.8. The minimum absolute atomic E-state index is 0.398. The van der Waals surface area contributed by atoms with E-state index in [1.54, 1.807) is 0 Å². The van der Waals surface area contributed by atoms with Crippen LogP contribution in [0.5, 0.6) is 0 Å². The van der Waals surface area contributed by atoms with Crippen LogP contribution in [0.4, 0.5) is 0 Å². The highest BCUT2D eigenvalue weighted by Crippen LogP contribution is 2.39. The molecule has 2 heterocycles. The Labute approximate surface area is 95.3 Å². The van der Waals surface area contributed by atoms with Crippen molar-refractivity contribution in [3.8, 4) is 0 Å². The lowest BCUT2D eigenvalue weighted by atomic mass is 9.73. The number of carboxylic acids is 1. The lowest BCUT2D eigenvalue weighted by Crippen LogP contribution is -2.60. The third-order valence-corrected chi connectivity index (χ3v) is 3.66. The highest BCUT2D eigenvalue weighted by Gasteiger charge is 2.44. The number of aliphatic carboxylic acids is 1. The monoisotopic (exact) mass is 229 g/mol. The molecule has 5 nitrogen and oxygen atoms in total. The number of likely N-dealkylation sites (tertiary alicyclic amines) is 1. The number of rotatable bonds is 4. The summed E-state index contributed by atoms with van der Waals surface area (Å²) in [6.45, 7) is 4.17. The summed E-state index contributed by atoms with van der Waals surface area (Å²) >= 11 is 0. The molecule has 1 atom stereocenters. The first-order chi connectivity index (χ1) is 7.65. The van der Waals surface area contributed by atoms with Gasteiger partial charge in [-0.1, -0.05) is 0 Å². The van der Waals surface area contributed by atoms with Crippen molar-refractivity contribution in [2.24, 2.45) is 5.41 Å². The van der Waals surface area contributed by atoms with Crippen LogP contribution in [0.3, 0.4) is 0 Å². The van der Waals surface area contributed by atoms with E-state index in [0.29, 0.717) is 12.0 Å². The van der Waals surface area contributed by atoms with Crippen molar-refractivity contribution in [3.05, 3.63) is 0 Å². The maximum atomic E-state index is 10.8. The molecule has 0 radical (unpaired) electrons. The van der Waals surface area contributed by atoms with Crippen LogP contribution in [0.1, 0.15) is 12.8 Å². The van der Waals surface area contributed by atoms with E-state index in [1.165, 1.54) is 7.11 Å². The smallest absolute Gasteiger partial charge is 0.334 e. The van der Waals surface area contributed by atoms with E-state index in [0.717, 1.165) is 39.1 Å². The van der Waals surface area contributed by atoms with E-state index in [1.807, 2.05) is 0 Å². The van der Waals surface area contributed by atoms with Crippen LogP contribution in [0.25, 0.3) is 0 Å². The van der Waals surface area contributed by atoms with Crippen molar-refractivity contribution in [1.29, 1.82) is 0 Å². The Balaban J connectivity index is 1.77. The molecule has 0 amide bonds. The second kappa shape index (κ2) is 4.69. The lowest BCUT2D eigenvalue weighted by molar-refractivity contribution is -0.153. The fraction of sp³-hybridized carbons (Fsp3) is 0.909. The lowest BCUT2D eigenvalue weighted by Gasteiger charge is -2.52. The molecule has 2 rings (SSSR count). The summed E-state index contributed by atoms with van der Waals surface area (Å²) in [5.74, 6) is -0.879. The van der Waals surface area contributed by atoms with Crippen molar-refractivity contribution < 1.29 is 19.4 Å². The summed E-state index contributed by atoms with van der Waals surface area (Å²) in [6, 6.07) is 0. The second-order valence-corrected chi connectivity index (χ2v) is 4.84. The zero-order chi connectivity index (χ0) is 11.6. The molecule has 1 spiro atoms. The maximum Gasteiger partial charge on any atom is 0.334 e. The molecule has 16 heavy (non-hydrogen) atoms. The van der Waals surface area contributed by atoms with Gasteiger partial charge in [-0.2, -0.15) is 0 Å². The normalized spacial score (nSPS) is 26.3. The van der Waals surface area contributed by atoms with Gasteiger partial charge in [0.15, 0.2) is 6.10 Å². The second-order valence-electron chi connectivity index (χ2n) is 4.84. The summed E-state index contributed by atoms with van der Waals surface area (Å²) in [4.78, 5) is 13.0. The predicted octanol–water partition coefficient (Wildman–Crippen LogP) is 0.198. The van der Waals surface area contributed by atoms with Gasteiger partial charge in [-0.3, -0.25) is 4.90 Å². The van der Waals surface area contributed by atoms with Gasteiger partial charge in [0.25, 0.3) is 0 Å². The number of hydrogen-bond acceptors (Lipinski definition) is 4. The van der Waals surface area contributed by atoms with Crippen LogP contribution >= 0.6 is 0 Å². The number of carbonyl (C=O) groups is 1. The molecule has 0 aliphatic carbocycles. The zero-order valence-corrected chi connectivity index (χ0v) is 9.65. The summed E-state index contributed by atoms with van der Waals surface area (Å²) in [5.41, 5.74) is 0.398. The van der Waals surface area contributed by atoms with E-state index >= 15 is 0 Å². The van der Waals surface area contributed by atoms with Crippen LogP contribution in [0.15, 0.2) is 0 Å². The number of carboxylic acid groups (broad SMARTS) is 1. The standard InChI is InChI=1S/C11H19NO4/c1-15-9(10(13)14)6-12-7-11(8-12)2-4-16-5-3-11/h9H,2-8H2,1H3,(H,13,14). The number of ether oxygens (including phenoxy) is 2. The van der Waals surface area contributed by atoms with Gasteiger partial charge in [-0.15, -0.1) is 0 Å².